The normalized spacial score (nSPS) is 15.6. The van der Waals surface area contributed by atoms with Gasteiger partial charge in [-0.2, -0.15) is 0 Å². The molecule has 8 atom stereocenters. The molecule has 18 nitrogen and oxygen atoms in total. The predicted octanol–water partition coefficient (Wildman–Crippen LogP) is -2.40. The predicted molar refractivity (Wildman–Crippen MR) is 184 cm³/mol. The summed E-state index contributed by atoms with van der Waals surface area (Å²) >= 11 is 0. The first-order valence-electron chi connectivity index (χ1n) is 16.9. The van der Waals surface area contributed by atoms with Crippen LogP contribution >= 0.6 is 0 Å². The summed E-state index contributed by atoms with van der Waals surface area (Å²) in [6, 6.07) is -8.07. The second kappa shape index (κ2) is 22.0. The van der Waals surface area contributed by atoms with E-state index in [0.29, 0.717) is 6.42 Å². The summed E-state index contributed by atoms with van der Waals surface area (Å²) in [4.78, 5) is 113. The van der Waals surface area contributed by atoms with E-state index in [9.17, 15) is 43.2 Å². The maximum Gasteiger partial charge on any atom is 0.243 e. The third-order valence-corrected chi connectivity index (χ3v) is 7.65. The van der Waals surface area contributed by atoms with Crippen LogP contribution in [0.5, 0.6) is 0 Å². The van der Waals surface area contributed by atoms with Crippen LogP contribution in [0.15, 0.2) is 0 Å². The van der Waals surface area contributed by atoms with Crippen LogP contribution in [0.2, 0.25) is 0 Å². The minimum absolute atomic E-state index is 0.136. The molecule has 9 amide bonds. The number of hydrogen-bond donors (Lipinski definition) is 9. The number of hydrogen-bond acceptors (Lipinski definition) is 9. The SMILES string of the molecule is CCC(NC(=O)C(C)C)C(=O)N[C@@H](C)C(=O)N[C@@H](C)C(=O)NC(CC)C(=O)N[C@@H](C)C(=O)N[C@@H](C)C(=O)NC(CC)C(=O)N[C@@H](C)C(=O)NC. The molecular formula is C32H57N9O9. The topological polar surface area (TPSA) is 262 Å². The third kappa shape index (κ3) is 15.2. The van der Waals surface area contributed by atoms with Crippen LogP contribution in [0, 0.1) is 5.92 Å². The lowest BCUT2D eigenvalue weighted by Gasteiger charge is -2.24. The Balaban J connectivity index is 5.07. The maximum absolute atomic E-state index is 12.9. The van der Waals surface area contributed by atoms with Crippen molar-refractivity contribution < 1.29 is 43.2 Å². The van der Waals surface area contributed by atoms with E-state index in [0.717, 1.165) is 0 Å². The first-order chi connectivity index (χ1) is 23.2. The molecule has 18 heteroatoms. The maximum atomic E-state index is 12.9. The van der Waals surface area contributed by atoms with Gasteiger partial charge in [-0.3, -0.25) is 43.2 Å². The summed E-state index contributed by atoms with van der Waals surface area (Å²) < 4.78 is 0. The average molecular weight is 712 g/mol. The fraction of sp³-hybridized carbons (Fsp3) is 0.719. The third-order valence-electron chi connectivity index (χ3n) is 7.65. The lowest BCUT2D eigenvalue weighted by Crippen LogP contribution is -2.58. The summed E-state index contributed by atoms with van der Waals surface area (Å²) in [5.74, 6) is -5.62. The van der Waals surface area contributed by atoms with Crippen LogP contribution in [0.1, 0.15) is 88.5 Å². The van der Waals surface area contributed by atoms with Gasteiger partial charge in [0.25, 0.3) is 0 Å². The van der Waals surface area contributed by atoms with Gasteiger partial charge < -0.3 is 47.9 Å². The quantitative estimate of drug-likeness (QED) is 0.0651. The van der Waals surface area contributed by atoms with Gasteiger partial charge in [-0.15, -0.1) is 0 Å². The van der Waals surface area contributed by atoms with Crippen LogP contribution in [0.25, 0.3) is 0 Å². The second-order valence-corrected chi connectivity index (χ2v) is 12.3. The van der Waals surface area contributed by atoms with Gasteiger partial charge in [0.2, 0.25) is 53.2 Å². The molecule has 284 valence electrons. The highest BCUT2D eigenvalue weighted by Crippen LogP contribution is 2.01. The largest absolute Gasteiger partial charge is 0.357 e. The van der Waals surface area contributed by atoms with E-state index in [4.69, 9.17) is 0 Å². The Morgan fingerprint density at radius 1 is 0.340 bits per heavy atom. The second-order valence-electron chi connectivity index (χ2n) is 12.3. The first kappa shape index (κ1) is 45.2. The Morgan fingerprint density at radius 3 is 0.800 bits per heavy atom. The number of amides is 9. The zero-order valence-corrected chi connectivity index (χ0v) is 31.0. The molecule has 0 radical (unpaired) electrons. The van der Waals surface area contributed by atoms with Crippen molar-refractivity contribution in [2.45, 2.75) is 137 Å². The summed E-state index contributed by atoms with van der Waals surface area (Å²) in [7, 11) is 1.42. The molecule has 0 spiro atoms. The van der Waals surface area contributed by atoms with Crippen molar-refractivity contribution in [3.8, 4) is 0 Å². The highest BCUT2D eigenvalue weighted by molar-refractivity contribution is 5.97. The van der Waals surface area contributed by atoms with Crippen molar-refractivity contribution >= 4 is 53.2 Å². The van der Waals surface area contributed by atoms with Gasteiger partial charge in [0.15, 0.2) is 0 Å². The van der Waals surface area contributed by atoms with Crippen LogP contribution < -0.4 is 47.9 Å². The molecule has 50 heavy (non-hydrogen) atoms. The van der Waals surface area contributed by atoms with Gasteiger partial charge in [0.1, 0.15) is 48.3 Å². The number of rotatable bonds is 20. The van der Waals surface area contributed by atoms with Crippen molar-refractivity contribution in [1.82, 2.24) is 47.9 Å². The van der Waals surface area contributed by atoms with Gasteiger partial charge in [-0.05, 0) is 53.9 Å². The van der Waals surface area contributed by atoms with Crippen molar-refractivity contribution in [2.24, 2.45) is 5.92 Å². The van der Waals surface area contributed by atoms with Crippen molar-refractivity contribution in [3.63, 3.8) is 0 Å². The molecule has 0 aromatic rings. The Hall–Kier alpha value is -4.77. The number of likely N-dealkylation sites (N-methyl/N-ethyl adjacent to an activating group) is 1. The Morgan fingerprint density at radius 2 is 0.560 bits per heavy atom. The lowest BCUT2D eigenvalue weighted by atomic mass is 10.1. The highest BCUT2D eigenvalue weighted by Gasteiger charge is 2.30. The minimum Gasteiger partial charge on any atom is -0.357 e. The van der Waals surface area contributed by atoms with E-state index >= 15 is 0 Å². The van der Waals surface area contributed by atoms with Crippen molar-refractivity contribution in [2.75, 3.05) is 7.05 Å². The Kier molecular flexibility index (Phi) is 19.9. The molecule has 9 N–H and O–H groups in total. The molecule has 0 aromatic heterocycles. The fourth-order valence-corrected chi connectivity index (χ4v) is 4.15. The van der Waals surface area contributed by atoms with Gasteiger partial charge in [-0.25, -0.2) is 0 Å². The molecule has 0 aliphatic heterocycles. The van der Waals surface area contributed by atoms with Gasteiger partial charge >= 0.3 is 0 Å². The van der Waals surface area contributed by atoms with Crippen molar-refractivity contribution in [3.05, 3.63) is 0 Å². The molecule has 0 saturated carbocycles. The van der Waals surface area contributed by atoms with E-state index < -0.39 is 95.6 Å². The fourth-order valence-electron chi connectivity index (χ4n) is 4.15. The molecular weight excluding hydrogens is 654 g/mol. The van der Waals surface area contributed by atoms with E-state index in [1.807, 2.05) is 0 Å². The molecule has 0 rings (SSSR count). The molecule has 0 saturated heterocycles. The summed E-state index contributed by atoms with van der Waals surface area (Å²) in [5.41, 5.74) is 0. The molecule has 0 aliphatic carbocycles. The standard InChI is InChI=1S/C32H57N9O9/c1-12-21(39-24(42)15(4)5)30(48)37-17(7)26(44)34-20(10)29(47)41-23(14-3)32(50)38-18(8)27(45)35-19(9)28(46)40-22(13-2)31(49)36-16(6)25(43)33-11/h15-23H,12-14H2,1-11H3,(H,33,43)(H,34,44)(H,35,45)(H,36,49)(H,37,48)(H,38,50)(H,39,42)(H,40,46)(H,41,47)/t16-,17-,18-,19-,20-,21?,22?,23?/m0/s1. The van der Waals surface area contributed by atoms with Crippen molar-refractivity contribution in [1.29, 1.82) is 0 Å². The Bertz CT molecular complexity index is 1240. The summed E-state index contributed by atoms with van der Waals surface area (Å²) in [5, 5.41) is 22.5. The smallest absolute Gasteiger partial charge is 0.243 e. The van der Waals surface area contributed by atoms with Crippen LogP contribution in [0.4, 0.5) is 0 Å². The van der Waals surface area contributed by atoms with E-state index in [1.54, 1.807) is 34.6 Å². The van der Waals surface area contributed by atoms with Crippen LogP contribution in [-0.2, 0) is 43.2 Å². The van der Waals surface area contributed by atoms with Crippen LogP contribution in [0.3, 0.4) is 0 Å². The number of nitrogens with one attached hydrogen (secondary N) is 9. The molecule has 0 fully saturated rings. The first-order valence-corrected chi connectivity index (χ1v) is 16.9. The van der Waals surface area contributed by atoms with Gasteiger partial charge in [0, 0.05) is 13.0 Å². The van der Waals surface area contributed by atoms with E-state index in [-0.39, 0.29) is 24.7 Å². The lowest BCUT2D eigenvalue weighted by molar-refractivity contribution is -0.135. The zero-order valence-electron chi connectivity index (χ0n) is 31.0. The summed E-state index contributed by atoms with van der Waals surface area (Å²) in [6.45, 7) is 15.4. The minimum atomic E-state index is -1.12. The zero-order chi connectivity index (χ0) is 38.9. The molecule has 0 bridgehead atoms. The summed E-state index contributed by atoms with van der Waals surface area (Å²) in [6.07, 6.45) is 0.650. The average Bonchev–Trinajstić information content (AvgIpc) is 3.06. The Labute approximate surface area is 293 Å². The highest BCUT2D eigenvalue weighted by atomic mass is 16.2. The number of carbonyl (C=O) groups is 9. The van der Waals surface area contributed by atoms with E-state index in [2.05, 4.69) is 47.9 Å². The molecule has 0 aliphatic rings. The number of carbonyl (C=O) groups excluding carboxylic acids is 9. The van der Waals surface area contributed by atoms with Crippen LogP contribution in [-0.4, -0.2) is 109 Å². The molecule has 0 aromatic carbocycles. The van der Waals surface area contributed by atoms with Gasteiger partial charge in [-0.1, -0.05) is 34.6 Å². The monoisotopic (exact) mass is 711 g/mol. The van der Waals surface area contributed by atoms with Gasteiger partial charge in [0.05, 0.1) is 0 Å². The molecule has 0 heterocycles. The molecule has 3 unspecified atom stereocenters. The van der Waals surface area contributed by atoms with E-state index in [1.165, 1.54) is 41.7 Å².